The highest BCUT2D eigenvalue weighted by Crippen LogP contribution is 2.50. The van der Waals surface area contributed by atoms with Gasteiger partial charge in [-0.2, -0.15) is 5.26 Å². The number of aromatic nitrogens is 1. The van der Waals surface area contributed by atoms with E-state index in [1.54, 1.807) is 17.4 Å². The molecule has 0 amide bonds. The molecule has 8 heteroatoms. The van der Waals surface area contributed by atoms with Gasteiger partial charge in [0.2, 0.25) is 0 Å². The molecular formula is C58H70N2O2S4. The van der Waals surface area contributed by atoms with Gasteiger partial charge in [-0.25, -0.2) is 4.79 Å². The number of carboxylic acids is 1. The van der Waals surface area contributed by atoms with Gasteiger partial charge in [0.15, 0.2) is 0 Å². The normalized spacial score (nSPS) is 12.0. The fraction of sp³-hybridized carbons (Fsp3) is 0.448. The molecule has 0 spiro atoms. The van der Waals surface area contributed by atoms with E-state index in [1.165, 1.54) is 162 Å². The van der Waals surface area contributed by atoms with Crippen LogP contribution in [0.3, 0.4) is 0 Å². The second-order valence-corrected chi connectivity index (χ2v) is 22.3. The van der Waals surface area contributed by atoms with Crippen molar-refractivity contribution < 1.29 is 9.90 Å². The highest BCUT2D eigenvalue weighted by atomic mass is 32.1. The Balaban J connectivity index is 1.33. The number of para-hydroxylation sites is 1. The Labute approximate surface area is 411 Å². The quantitative estimate of drug-likeness (QED) is 0.0317. The average molecular weight is 955 g/mol. The highest BCUT2D eigenvalue weighted by molar-refractivity contribution is 7.29. The van der Waals surface area contributed by atoms with Crippen molar-refractivity contribution in [1.82, 2.24) is 4.57 Å². The van der Waals surface area contributed by atoms with Crippen molar-refractivity contribution in [2.45, 2.75) is 170 Å². The lowest BCUT2D eigenvalue weighted by atomic mass is 10.0. The number of nitrogens with zero attached hydrogens (tertiary/aromatic N) is 2. The Morgan fingerprint density at radius 3 is 1.50 bits per heavy atom. The van der Waals surface area contributed by atoms with E-state index in [4.69, 9.17) is 0 Å². The molecule has 0 unspecified atom stereocenters. The number of carboxylic acid groups (broad SMARTS) is 1. The lowest BCUT2D eigenvalue weighted by Gasteiger charge is -2.03. The summed E-state index contributed by atoms with van der Waals surface area (Å²) in [6.07, 6.45) is 25.0. The number of aliphatic carboxylic acids is 1. The van der Waals surface area contributed by atoms with Crippen molar-refractivity contribution in [1.29, 1.82) is 5.26 Å². The minimum absolute atomic E-state index is 0.199. The predicted molar refractivity (Wildman–Crippen MR) is 291 cm³/mol. The van der Waals surface area contributed by atoms with Gasteiger partial charge in [0.25, 0.3) is 0 Å². The third-order valence-electron chi connectivity index (χ3n) is 13.1. The number of hydrogen-bond acceptors (Lipinski definition) is 6. The van der Waals surface area contributed by atoms with Crippen molar-refractivity contribution in [2.24, 2.45) is 0 Å². The number of hydrogen-bond donors (Lipinski definition) is 1. The molecule has 0 aliphatic carbocycles. The Morgan fingerprint density at radius 2 is 1.00 bits per heavy atom. The van der Waals surface area contributed by atoms with Gasteiger partial charge in [-0.15, -0.1) is 45.3 Å². The summed E-state index contributed by atoms with van der Waals surface area (Å²) in [6, 6.07) is 27.9. The van der Waals surface area contributed by atoms with Crippen molar-refractivity contribution >= 4 is 79.2 Å². The number of benzene rings is 2. The maximum absolute atomic E-state index is 12.0. The molecular weight excluding hydrogens is 885 g/mol. The highest BCUT2D eigenvalue weighted by Gasteiger charge is 2.23. The number of carbonyl (C=O) groups is 1. The van der Waals surface area contributed by atoms with Gasteiger partial charge in [0.1, 0.15) is 11.6 Å². The Morgan fingerprint density at radius 1 is 0.545 bits per heavy atom. The molecule has 4 nitrogen and oxygen atoms in total. The van der Waals surface area contributed by atoms with E-state index < -0.39 is 5.97 Å². The molecule has 348 valence electrons. The first-order valence-electron chi connectivity index (χ1n) is 25.2. The zero-order valence-corrected chi connectivity index (χ0v) is 43.4. The Kier molecular flexibility index (Phi) is 18.6. The van der Waals surface area contributed by atoms with E-state index in [2.05, 4.69) is 106 Å². The second kappa shape index (κ2) is 24.7. The van der Waals surface area contributed by atoms with Gasteiger partial charge in [-0.3, -0.25) is 0 Å². The van der Waals surface area contributed by atoms with E-state index in [0.717, 1.165) is 61.9 Å². The lowest BCUT2D eigenvalue weighted by molar-refractivity contribution is -0.132. The lowest BCUT2D eigenvalue weighted by Crippen LogP contribution is -1.97. The summed E-state index contributed by atoms with van der Waals surface area (Å²) < 4.78 is 2.45. The molecule has 0 fully saturated rings. The topological polar surface area (TPSA) is 66.0 Å². The van der Waals surface area contributed by atoms with E-state index in [0.29, 0.717) is 0 Å². The van der Waals surface area contributed by atoms with Crippen molar-refractivity contribution in [3.05, 3.63) is 99.4 Å². The van der Waals surface area contributed by atoms with Crippen LogP contribution in [-0.4, -0.2) is 15.6 Å². The molecule has 0 bridgehead atoms. The Hall–Kier alpha value is -4.26. The van der Waals surface area contributed by atoms with Crippen LogP contribution in [0.4, 0.5) is 0 Å². The molecule has 2 aromatic carbocycles. The zero-order valence-electron chi connectivity index (χ0n) is 40.2. The summed E-state index contributed by atoms with van der Waals surface area (Å²) in [5.41, 5.74) is 9.25. The van der Waals surface area contributed by atoms with Crippen LogP contribution in [-0.2, 0) is 37.0 Å². The summed E-state index contributed by atoms with van der Waals surface area (Å²) in [5.74, 6) is -1.16. The van der Waals surface area contributed by atoms with Crippen molar-refractivity contribution in [3.8, 4) is 45.8 Å². The molecule has 0 aliphatic heterocycles. The zero-order chi connectivity index (χ0) is 46.4. The van der Waals surface area contributed by atoms with Gasteiger partial charge < -0.3 is 9.67 Å². The summed E-state index contributed by atoms with van der Waals surface area (Å²) in [6.45, 7) is 12.3. The maximum Gasteiger partial charge on any atom is 0.346 e. The van der Waals surface area contributed by atoms with Crippen LogP contribution < -0.4 is 0 Å². The number of nitriles is 1. The summed E-state index contributed by atoms with van der Waals surface area (Å²) >= 11 is 7.59. The molecule has 5 heterocycles. The van der Waals surface area contributed by atoms with Crippen LogP contribution in [0.2, 0.25) is 0 Å². The first kappa shape index (κ1) is 49.6. The number of unbranched alkanes of at least 4 members (excludes halogenated alkanes) is 12. The molecule has 5 aromatic heterocycles. The van der Waals surface area contributed by atoms with Gasteiger partial charge in [-0.05, 0) is 135 Å². The average Bonchev–Trinajstić information content (AvgIpc) is 4.17. The fourth-order valence-corrected chi connectivity index (χ4v) is 14.7. The van der Waals surface area contributed by atoms with Gasteiger partial charge in [0, 0.05) is 67.4 Å². The van der Waals surface area contributed by atoms with Crippen LogP contribution >= 0.6 is 45.3 Å². The van der Waals surface area contributed by atoms with Gasteiger partial charge >= 0.3 is 5.97 Å². The molecule has 0 saturated carbocycles. The predicted octanol–water partition coefficient (Wildman–Crippen LogP) is 19.2. The molecule has 0 atom stereocenters. The van der Waals surface area contributed by atoms with E-state index >= 15 is 0 Å². The Bertz CT molecular complexity index is 2760. The largest absolute Gasteiger partial charge is 0.477 e. The fourth-order valence-electron chi connectivity index (χ4n) is 9.50. The van der Waals surface area contributed by atoms with Gasteiger partial charge in [0.05, 0.1) is 0 Å². The first-order chi connectivity index (χ1) is 32.3. The number of aryl methyl sites for hydroxylation is 5. The molecule has 7 aromatic rings. The maximum atomic E-state index is 12.0. The number of fused-ring (bicyclic) bond motifs is 3. The molecule has 0 saturated heterocycles. The number of rotatable bonds is 27. The van der Waals surface area contributed by atoms with E-state index in [9.17, 15) is 15.2 Å². The van der Waals surface area contributed by atoms with Crippen LogP contribution in [0.15, 0.2) is 72.3 Å². The number of thiophene rings is 4. The molecule has 0 aliphatic rings. The minimum atomic E-state index is -1.16. The standard InChI is InChI=1S/C58H70N2O2S4/c1-6-11-15-19-25-40-34-52(63-50(40)38-45(39-59)58(61)62)55-43(27-21-17-13-8-3)36-54(65-55)57-44(28-22-18-14-9-4)37-53(66-57)56-42(26-20-16-12-7-2)35-51(64-56)41-31-32-49-47(33-41)46-29-23-24-30-48(46)60(49)10-5/h23-24,29-38H,6-22,25-28H2,1-5H3,(H,61,62)/b45-38+. The summed E-state index contributed by atoms with van der Waals surface area (Å²) in [4.78, 5) is 22.4. The van der Waals surface area contributed by atoms with Crippen LogP contribution in [0, 0.1) is 11.3 Å². The van der Waals surface area contributed by atoms with Crippen molar-refractivity contribution in [3.63, 3.8) is 0 Å². The molecule has 0 radical (unpaired) electrons. The molecule has 66 heavy (non-hydrogen) atoms. The SMILES string of the molecule is CCCCCCc1cc(-c2sc(-c3sc(-c4sc(-c5ccc6c(c5)c5ccccc5n6CC)cc4CCCCCC)cc3CCCCCC)cc2CCCCCC)sc1/C=C(\C#N)C(=O)O. The molecule has 7 rings (SSSR count). The third kappa shape index (κ3) is 11.9. The summed E-state index contributed by atoms with van der Waals surface area (Å²) in [5, 5.41) is 22.3. The van der Waals surface area contributed by atoms with Crippen LogP contribution in [0.1, 0.15) is 164 Å². The monoisotopic (exact) mass is 954 g/mol. The van der Waals surface area contributed by atoms with E-state index in [-0.39, 0.29) is 5.57 Å². The van der Waals surface area contributed by atoms with E-state index in [1.807, 2.05) is 40.1 Å². The third-order valence-corrected chi connectivity index (χ3v) is 18.4. The van der Waals surface area contributed by atoms with Crippen LogP contribution in [0.25, 0.3) is 67.6 Å². The minimum Gasteiger partial charge on any atom is -0.477 e. The summed E-state index contributed by atoms with van der Waals surface area (Å²) in [7, 11) is 0. The van der Waals surface area contributed by atoms with Crippen LogP contribution in [0.5, 0.6) is 0 Å². The smallest absolute Gasteiger partial charge is 0.346 e. The first-order valence-corrected chi connectivity index (χ1v) is 28.5. The van der Waals surface area contributed by atoms with Crippen molar-refractivity contribution in [2.75, 3.05) is 0 Å². The second-order valence-electron chi connectivity index (χ2n) is 18.1. The molecule has 1 N–H and O–H groups in total. The van der Waals surface area contributed by atoms with Gasteiger partial charge in [-0.1, -0.05) is 129 Å².